The van der Waals surface area contributed by atoms with Gasteiger partial charge in [-0.05, 0) is 104 Å². The molecule has 398 valence electrons. The molecule has 0 heterocycles. The van der Waals surface area contributed by atoms with Gasteiger partial charge in [0, 0.05) is 13.1 Å². The highest BCUT2D eigenvalue weighted by Crippen LogP contribution is 2.49. The van der Waals surface area contributed by atoms with Crippen LogP contribution in [0.2, 0.25) is 0 Å². The molecule has 0 aliphatic rings. The second-order valence-electron chi connectivity index (χ2n) is 16.3. The van der Waals surface area contributed by atoms with Crippen LogP contribution in [0.5, 0.6) is 0 Å². The fraction of sp³-hybridized carbons (Fsp3) is 1.00. The summed E-state index contributed by atoms with van der Waals surface area (Å²) in [7, 11) is -6.33. The smallest absolute Gasteiger partial charge is 0.330 e. The SMILES string of the molecule is CCCCCCCCOP(=O)(CCN(CCCN)CCCN)OCCCCCCCCCCCCOP(=O)(CCN(CCCN)CCCN)OCCCCCCCC.Cl.Cl.Cl.Cl.Cl.Cl. The number of nitrogens with zero attached hydrogens (tertiary/aromatic N) is 2. The van der Waals surface area contributed by atoms with E-state index in [0.29, 0.717) is 78.0 Å². The molecule has 0 aliphatic carbocycles. The van der Waals surface area contributed by atoms with Gasteiger partial charge in [0.25, 0.3) is 0 Å². The van der Waals surface area contributed by atoms with Crippen molar-refractivity contribution in [3.8, 4) is 0 Å². The van der Waals surface area contributed by atoms with Crippen molar-refractivity contribution in [1.29, 1.82) is 0 Å². The Bertz CT molecular complexity index is 884. The Morgan fingerprint density at radius 1 is 0.312 bits per heavy atom. The van der Waals surface area contributed by atoms with E-state index in [-0.39, 0.29) is 74.4 Å². The zero-order chi connectivity index (χ0) is 42.7. The van der Waals surface area contributed by atoms with Crippen molar-refractivity contribution in [2.75, 3.05) is 104 Å². The Kier molecular flexibility index (Phi) is 76.1. The Hall–Kier alpha value is 1.80. The van der Waals surface area contributed by atoms with E-state index in [4.69, 9.17) is 41.0 Å². The first kappa shape index (κ1) is 79.9. The van der Waals surface area contributed by atoms with Gasteiger partial charge in [-0.2, -0.15) is 0 Å². The van der Waals surface area contributed by atoms with Crippen LogP contribution in [-0.2, 0) is 27.2 Å². The molecule has 2 atom stereocenters. The van der Waals surface area contributed by atoms with Crippen molar-refractivity contribution in [2.45, 2.75) is 181 Å². The fourth-order valence-electron chi connectivity index (χ4n) is 6.99. The topological polar surface area (TPSA) is 182 Å². The number of halogens is 6. The van der Waals surface area contributed by atoms with Gasteiger partial charge in [-0.15, -0.1) is 74.4 Å². The molecule has 0 radical (unpaired) electrons. The first-order chi connectivity index (χ1) is 28.3. The van der Waals surface area contributed by atoms with Crippen LogP contribution in [0.3, 0.4) is 0 Å². The lowest BCUT2D eigenvalue weighted by Crippen LogP contribution is -2.31. The zero-order valence-electron chi connectivity index (χ0n) is 40.7. The predicted molar refractivity (Wildman–Crippen MR) is 293 cm³/mol. The first-order valence-electron chi connectivity index (χ1n) is 24.3. The number of rotatable bonds is 49. The summed E-state index contributed by atoms with van der Waals surface area (Å²) >= 11 is 0. The lowest BCUT2D eigenvalue weighted by molar-refractivity contribution is 0.190. The Balaban J connectivity index is -0.00000108. The summed E-state index contributed by atoms with van der Waals surface area (Å²) in [5.74, 6) is 0. The first-order valence-corrected chi connectivity index (χ1v) is 27.8. The van der Waals surface area contributed by atoms with Crippen LogP contribution in [-0.4, -0.2) is 114 Å². The van der Waals surface area contributed by atoms with Crippen molar-refractivity contribution in [3.05, 3.63) is 0 Å². The third kappa shape index (κ3) is 53.2. The molecule has 0 aliphatic heterocycles. The molecule has 0 aromatic heterocycles. The van der Waals surface area contributed by atoms with Crippen molar-refractivity contribution in [3.63, 3.8) is 0 Å². The summed E-state index contributed by atoms with van der Waals surface area (Å²) in [5, 5.41) is 0. The molecule has 20 heteroatoms. The molecule has 0 saturated heterocycles. The van der Waals surface area contributed by atoms with Crippen molar-refractivity contribution >= 4 is 89.6 Å². The number of hydrogen-bond acceptors (Lipinski definition) is 12. The van der Waals surface area contributed by atoms with E-state index in [2.05, 4.69) is 23.6 Å². The highest BCUT2D eigenvalue weighted by Gasteiger charge is 2.27. The van der Waals surface area contributed by atoms with Gasteiger partial charge in [0.05, 0.1) is 38.8 Å². The van der Waals surface area contributed by atoms with E-state index in [1.807, 2.05) is 0 Å². The molecule has 0 spiro atoms. The van der Waals surface area contributed by atoms with Crippen LogP contribution in [0, 0.1) is 0 Å². The molecular formula is C44H104Cl6N6O6P2. The molecule has 0 bridgehead atoms. The van der Waals surface area contributed by atoms with E-state index < -0.39 is 15.2 Å². The summed E-state index contributed by atoms with van der Waals surface area (Å²) in [6.07, 6.45) is 29.6. The van der Waals surface area contributed by atoms with E-state index in [0.717, 1.165) is 116 Å². The maximum atomic E-state index is 13.8. The Morgan fingerprint density at radius 3 is 0.719 bits per heavy atom. The van der Waals surface area contributed by atoms with Gasteiger partial charge in [0.15, 0.2) is 0 Å². The minimum Gasteiger partial charge on any atom is -0.330 e. The van der Waals surface area contributed by atoms with Crippen molar-refractivity contribution in [1.82, 2.24) is 9.80 Å². The summed E-state index contributed by atoms with van der Waals surface area (Å²) in [4.78, 5) is 4.60. The maximum Gasteiger partial charge on any atom is 0.331 e. The van der Waals surface area contributed by atoms with E-state index in [1.54, 1.807) is 0 Å². The zero-order valence-corrected chi connectivity index (χ0v) is 47.4. The number of nitrogens with two attached hydrogens (primary N) is 4. The molecule has 2 unspecified atom stereocenters. The monoisotopic (exact) mass is 1080 g/mol. The Morgan fingerprint density at radius 2 is 0.516 bits per heavy atom. The third-order valence-corrected chi connectivity index (χ3v) is 14.6. The van der Waals surface area contributed by atoms with Crippen LogP contribution in [0.25, 0.3) is 0 Å². The quantitative estimate of drug-likeness (QED) is 0.0335. The summed E-state index contributed by atoms with van der Waals surface area (Å²) in [6.45, 7) is 13.9. The lowest BCUT2D eigenvalue weighted by atomic mass is 10.1. The average Bonchev–Trinajstić information content (AvgIpc) is 3.22. The van der Waals surface area contributed by atoms with Gasteiger partial charge in [0.1, 0.15) is 0 Å². The summed E-state index contributed by atoms with van der Waals surface area (Å²) in [6, 6.07) is 0. The van der Waals surface area contributed by atoms with Gasteiger partial charge < -0.3 is 50.8 Å². The molecule has 64 heavy (non-hydrogen) atoms. The highest BCUT2D eigenvalue weighted by atomic mass is 35.5. The maximum absolute atomic E-state index is 13.8. The second kappa shape index (κ2) is 60.9. The van der Waals surface area contributed by atoms with Gasteiger partial charge in [-0.1, -0.05) is 129 Å². The van der Waals surface area contributed by atoms with Gasteiger partial charge in [-0.25, -0.2) is 0 Å². The molecule has 0 rings (SSSR count). The molecule has 0 amide bonds. The molecule has 0 saturated carbocycles. The summed E-state index contributed by atoms with van der Waals surface area (Å²) < 4.78 is 51.7. The van der Waals surface area contributed by atoms with Crippen LogP contribution in [0.4, 0.5) is 0 Å². The van der Waals surface area contributed by atoms with Gasteiger partial charge in [-0.3, -0.25) is 9.13 Å². The normalized spacial score (nSPS) is 12.8. The van der Waals surface area contributed by atoms with Crippen LogP contribution < -0.4 is 22.9 Å². The van der Waals surface area contributed by atoms with Crippen LogP contribution in [0.1, 0.15) is 181 Å². The van der Waals surface area contributed by atoms with Crippen LogP contribution >= 0.6 is 89.6 Å². The van der Waals surface area contributed by atoms with E-state index in [9.17, 15) is 9.13 Å². The molecule has 0 aromatic rings. The van der Waals surface area contributed by atoms with Gasteiger partial charge >= 0.3 is 15.2 Å². The standard InChI is InChI=1S/C44H98N6O6P2.6ClH/c1-3-5-7-9-17-21-39-53-57(51,43-37-49(33-25-29-45)34-26-30-46)55-41-23-19-15-13-11-12-14-16-20-24-42-56-58(52,54-40-22-18-10-8-6-4-2)44-38-50(35-27-31-47)36-28-32-48;;;;;;/h3-48H2,1-2H3;6*1H. The summed E-state index contributed by atoms with van der Waals surface area (Å²) in [5.41, 5.74) is 23.1. The number of hydrogen-bond donors (Lipinski definition) is 4. The second-order valence-corrected chi connectivity index (χ2v) is 20.7. The average molecular weight is 1090 g/mol. The predicted octanol–water partition coefficient (Wildman–Crippen LogP) is 12.6. The number of unbranched alkanes of at least 4 members (excludes halogenated alkanes) is 19. The minimum absolute atomic E-state index is 0. The van der Waals surface area contributed by atoms with Crippen molar-refractivity contribution < 1.29 is 27.2 Å². The largest absolute Gasteiger partial charge is 0.331 e. The molecule has 12 nitrogen and oxygen atoms in total. The van der Waals surface area contributed by atoms with Crippen LogP contribution in [0.15, 0.2) is 0 Å². The lowest BCUT2D eigenvalue weighted by Gasteiger charge is -2.25. The fourth-order valence-corrected chi connectivity index (χ4v) is 10.3. The highest BCUT2D eigenvalue weighted by molar-refractivity contribution is 7.54. The third-order valence-electron chi connectivity index (χ3n) is 10.8. The molecule has 8 N–H and O–H groups in total. The molecule has 0 fully saturated rings. The van der Waals surface area contributed by atoms with Crippen molar-refractivity contribution in [2.24, 2.45) is 22.9 Å². The van der Waals surface area contributed by atoms with E-state index >= 15 is 0 Å². The van der Waals surface area contributed by atoms with E-state index in [1.165, 1.54) is 77.0 Å². The molecule has 0 aromatic carbocycles. The van der Waals surface area contributed by atoms with Gasteiger partial charge in [0.2, 0.25) is 0 Å². The molecular weight excluding hydrogens is 983 g/mol. The Labute approximate surface area is 432 Å². The minimum atomic E-state index is -3.16.